The highest BCUT2D eigenvalue weighted by Gasteiger charge is 2.27. The molecule has 4 nitrogen and oxygen atoms in total. The van der Waals surface area contributed by atoms with Crippen LogP contribution in [0.25, 0.3) is 17.0 Å². The molecule has 1 aliphatic rings. The monoisotopic (exact) mass is 244 g/mol. The van der Waals surface area contributed by atoms with Crippen LogP contribution >= 0.6 is 0 Å². The highest BCUT2D eigenvalue weighted by molar-refractivity contribution is 5.89. The SMILES string of the molecule is CC1(CO)C=Cc2c(ccc3ccc(=O)oc23)O1. The van der Waals surface area contributed by atoms with Crippen molar-refractivity contribution < 1.29 is 14.3 Å². The Labute approximate surface area is 103 Å². The lowest BCUT2D eigenvalue weighted by Gasteiger charge is -2.29. The molecule has 0 bridgehead atoms. The van der Waals surface area contributed by atoms with Gasteiger partial charge in [0.05, 0.1) is 12.2 Å². The number of rotatable bonds is 1. The van der Waals surface area contributed by atoms with Gasteiger partial charge in [0.15, 0.2) is 0 Å². The number of aliphatic hydroxyl groups is 1. The summed E-state index contributed by atoms with van der Waals surface area (Å²) in [5, 5.41) is 10.1. The first-order chi connectivity index (χ1) is 8.61. The molecule has 2 aromatic rings. The van der Waals surface area contributed by atoms with Crippen molar-refractivity contribution in [1.29, 1.82) is 0 Å². The van der Waals surface area contributed by atoms with Crippen molar-refractivity contribution in [3.8, 4) is 5.75 Å². The van der Waals surface area contributed by atoms with Crippen LogP contribution in [0.5, 0.6) is 5.75 Å². The van der Waals surface area contributed by atoms with Gasteiger partial charge in [-0.25, -0.2) is 4.79 Å². The molecule has 1 aromatic carbocycles. The molecule has 0 radical (unpaired) electrons. The summed E-state index contributed by atoms with van der Waals surface area (Å²) < 4.78 is 10.9. The van der Waals surface area contributed by atoms with Crippen LogP contribution < -0.4 is 10.4 Å². The van der Waals surface area contributed by atoms with Crippen molar-refractivity contribution in [3.05, 3.63) is 46.3 Å². The molecule has 0 amide bonds. The van der Waals surface area contributed by atoms with Crippen molar-refractivity contribution in [2.45, 2.75) is 12.5 Å². The van der Waals surface area contributed by atoms with E-state index >= 15 is 0 Å². The van der Waals surface area contributed by atoms with Gasteiger partial charge in [0.25, 0.3) is 0 Å². The zero-order chi connectivity index (χ0) is 12.8. The van der Waals surface area contributed by atoms with E-state index in [0.29, 0.717) is 11.3 Å². The Morgan fingerprint density at radius 3 is 2.83 bits per heavy atom. The molecule has 3 rings (SSSR count). The van der Waals surface area contributed by atoms with Gasteiger partial charge in [-0.05, 0) is 37.3 Å². The summed E-state index contributed by atoms with van der Waals surface area (Å²) in [5.41, 5.74) is 0.127. The summed E-state index contributed by atoms with van der Waals surface area (Å²) in [7, 11) is 0. The van der Waals surface area contributed by atoms with Crippen molar-refractivity contribution >= 4 is 17.0 Å². The molecule has 1 aliphatic heterocycles. The van der Waals surface area contributed by atoms with Crippen molar-refractivity contribution in [3.63, 3.8) is 0 Å². The number of aliphatic hydroxyl groups excluding tert-OH is 1. The smallest absolute Gasteiger partial charge is 0.336 e. The average Bonchev–Trinajstić information content (AvgIpc) is 2.38. The lowest BCUT2D eigenvalue weighted by Crippen LogP contribution is -2.35. The first-order valence-electron chi connectivity index (χ1n) is 5.67. The number of fused-ring (bicyclic) bond motifs is 3. The van der Waals surface area contributed by atoms with E-state index in [1.165, 1.54) is 6.07 Å². The number of hydrogen-bond acceptors (Lipinski definition) is 4. The Hall–Kier alpha value is -2.07. The van der Waals surface area contributed by atoms with E-state index in [1.54, 1.807) is 19.1 Å². The van der Waals surface area contributed by atoms with Crippen molar-refractivity contribution in [2.24, 2.45) is 0 Å². The van der Waals surface area contributed by atoms with Gasteiger partial charge in [0.1, 0.15) is 16.9 Å². The third-order valence-electron chi connectivity index (χ3n) is 3.05. The molecule has 2 heterocycles. The summed E-state index contributed by atoms with van der Waals surface area (Å²) in [6.45, 7) is 1.68. The number of ether oxygens (including phenoxy) is 1. The van der Waals surface area contributed by atoms with Gasteiger partial charge in [-0.3, -0.25) is 0 Å². The standard InChI is InChI=1S/C14H12O4/c1-14(8-15)7-6-10-11(18-14)4-2-9-3-5-12(16)17-13(9)10/h2-7,15H,8H2,1H3. The topological polar surface area (TPSA) is 59.7 Å². The minimum atomic E-state index is -0.726. The van der Waals surface area contributed by atoms with Crippen LogP contribution in [0.2, 0.25) is 0 Å². The molecule has 1 atom stereocenters. The first kappa shape index (κ1) is 11.0. The van der Waals surface area contributed by atoms with Crippen molar-refractivity contribution in [2.75, 3.05) is 6.61 Å². The summed E-state index contributed by atoms with van der Waals surface area (Å²) in [4.78, 5) is 11.3. The highest BCUT2D eigenvalue weighted by atomic mass is 16.5. The van der Waals surface area contributed by atoms with Gasteiger partial charge in [0, 0.05) is 11.5 Å². The molecule has 0 saturated carbocycles. The zero-order valence-corrected chi connectivity index (χ0v) is 9.84. The molecule has 92 valence electrons. The largest absolute Gasteiger partial charge is 0.480 e. The number of hydrogen-bond donors (Lipinski definition) is 1. The maximum Gasteiger partial charge on any atom is 0.336 e. The lowest BCUT2D eigenvalue weighted by atomic mass is 10.00. The fourth-order valence-corrected chi connectivity index (χ4v) is 2.01. The first-order valence-corrected chi connectivity index (χ1v) is 5.67. The van der Waals surface area contributed by atoms with E-state index in [1.807, 2.05) is 18.2 Å². The average molecular weight is 244 g/mol. The van der Waals surface area contributed by atoms with Crippen LogP contribution in [0.1, 0.15) is 12.5 Å². The molecular formula is C14H12O4. The Morgan fingerprint density at radius 1 is 1.28 bits per heavy atom. The predicted molar refractivity (Wildman–Crippen MR) is 67.6 cm³/mol. The molecule has 1 aromatic heterocycles. The molecule has 1 unspecified atom stereocenters. The van der Waals surface area contributed by atoms with E-state index < -0.39 is 5.60 Å². The summed E-state index contributed by atoms with van der Waals surface area (Å²) in [5.74, 6) is 0.607. The summed E-state index contributed by atoms with van der Waals surface area (Å²) in [6, 6.07) is 6.75. The Balaban J connectivity index is 2.26. The molecule has 0 spiro atoms. The Morgan fingerprint density at radius 2 is 2.06 bits per heavy atom. The highest BCUT2D eigenvalue weighted by Crippen LogP contribution is 2.35. The maximum atomic E-state index is 11.3. The van der Waals surface area contributed by atoms with Gasteiger partial charge in [-0.1, -0.05) is 0 Å². The van der Waals surface area contributed by atoms with Crippen LogP contribution in [-0.2, 0) is 0 Å². The van der Waals surface area contributed by atoms with E-state index in [4.69, 9.17) is 9.15 Å². The minimum Gasteiger partial charge on any atom is -0.480 e. The third kappa shape index (κ3) is 1.62. The van der Waals surface area contributed by atoms with Gasteiger partial charge in [0.2, 0.25) is 0 Å². The molecule has 0 saturated heterocycles. The van der Waals surface area contributed by atoms with Gasteiger partial charge < -0.3 is 14.3 Å². The second-order valence-electron chi connectivity index (χ2n) is 4.56. The molecule has 4 heteroatoms. The molecule has 18 heavy (non-hydrogen) atoms. The molecular weight excluding hydrogens is 232 g/mol. The van der Waals surface area contributed by atoms with E-state index in [0.717, 1.165) is 10.9 Å². The van der Waals surface area contributed by atoms with Gasteiger partial charge >= 0.3 is 5.63 Å². The second-order valence-corrected chi connectivity index (χ2v) is 4.56. The van der Waals surface area contributed by atoms with Crippen LogP contribution in [0, 0.1) is 0 Å². The minimum absolute atomic E-state index is 0.111. The molecule has 1 N–H and O–H groups in total. The van der Waals surface area contributed by atoms with E-state index in [-0.39, 0.29) is 12.2 Å². The van der Waals surface area contributed by atoms with Crippen molar-refractivity contribution in [1.82, 2.24) is 0 Å². The second kappa shape index (κ2) is 3.71. The normalized spacial score (nSPS) is 21.7. The Bertz CT molecular complexity index is 698. The third-order valence-corrected chi connectivity index (χ3v) is 3.05. The molecule has 0 fully saturated rings. The fraction of sp³-hybridized carbons (Fsp3) is 0.214. The van der Waals surface area contributed by atoms with Crippen LogP contribution in [-0.4, -0.2) is 17.3 Å². The summed E-state index contributed by atoms with van der Waals surface area (Å²) in [6.07, 6.45) is 3.59. The van der Waals surface area contributed by atoms with Crippen LogP contribution in [0.4, 0.5) is 0 Å². The van der Waals surface area contributed by atoms with E-state index in [2.05, 4.69) is 0 Å². The lowest BCUT2D eigenvalue weighted by molar-refractivity contribution is 0.0641. The van der Waals surface area contributed by atoms with Crippen LogP contribution in [0.3, 0.4) is 0 Å². The van der Waals surface area contributed by atoms with E-state index in [9.17, 15) is 9.90 Å². The van der Waals surface area contributed by atoms with Crippen LogP contribution in [0.15, 0.2) is 39.6 Å². The maximum absolute atomic E-state index is 11.3. The number of benzene rings is 1. The Kier molecular flexibility index (Phi) is 2.28. The fourth-order valence-electron chi connectivity index (χ4n) is 2.01. The predicted octanol–water partition coefficient (Wildman–Crippen LogP) is 1.95. The summed E-state index contributed by atoms with van der Waals surface area (Å²) >= 11 is 0. The quantitative estimate of drug-likeness (QED) is 0.779. The molecule has 0 aliphatic carbocycles. The van der Waals surface area contributed by atoms with Gasteiger partial charge in [-0.15, -0.1) is 0 Å². The zero-order valence-electron chi connectivity index (χ0n) is 9.84. The van der Waals surface area contributed by atoms with Gasteiger partial charge in [-0.2, -0.15) is 0 Å².